The zero-order chi connectivity index (χ0) is 16.4. The fourth-order valence-electron chi connectivity index (χ4n) is 2.62. The standard InChI is InChI=1S/C17H16N2O3S/c1-2-11-18-17(20)12-19-15-9-5-3-7-13(15)14-8-4-6-10-16(14)23(19,21)22/h2-10H,1,11-12H2,(H,18,20). The number of sulfonamides is 1. The first kappa shape index (κ1) is 15.3. The Balaban J connectivity index is 2.10. The van der Waals surface area contributed by atoms with Crippen molar-refractivity contribution in [3.63, 3.8) is 0 Å². The maximum absolute atomic E-state index is 12.9. The van der Waals surface area contributed by atoms with Crippen LogP contribution in [-0.2, 0) is 14.8 Å². The van der Waals surface area contributed by atoms with Gasteiger partial charge in [0.2, 0.25) is 5.91 Å². The molecule has 0 unspecified atom stereocenters. The second-order valence-corrected chi connectivity index (χ2v) is 6.95. The quantitative estimate of drug-likeness (QED) is 0.875. The van der Waals surface area contributed by atoms with Crippen molar-refractivity contribution in [3.05, 3.63) is 61.2 Å². The first-order valence-corrected chi connectivity index (χ1v) is 8.58. The summed E-state index contributed by atoms with van der Waals surface area (Å²) in [4.78, 5) is 12.2. The molecule has 0 bridgehead atoms. The molecule has 1 N–H and O–H groups in total. The molecule has 2 aromatic carbocycles. The third-order valence-electron chi connectivity index (χ3n) is 3.65. The largest absolute Gasteiger partial charge is 0.351 e. The van der Waals surface area contributed by atoms with Crippen LogP contribution in [0.5, 0.6) is 0 Å². The first-order chi connectivity index (χ1) is 11.1. The average molecular weight is 328 g/mol. The van der Waals surface area contributed by atoms with Gasteiger partial charge in [0.1, 0.15) is 6.54 Å². The molecular formula is C17H16N2O3S. The van der Waals surface area contributed by atoms with E-state index in [-0.39, 0.29) is 17.3 Å². The van der Waals surface area contributed by atoms with E-state index in [1.54, 1.807) is 42.5 Å². The Morgan fingerprint density at radius 1 is 1.09 bits per heavy atom. The van der Waals surface area contributed by atoms with Gasteiger partial charge in [0.25, 0.3) is 10.0 Å². The zero-order valence-electron chi connectivity index (χ0n) is 12.4. The fraction of sp³-hybridized carbons (Fsp3) is 0.118. The Hall–Kier alpha value is -2.60. The van der Waals surface area contributed by atoms with E-state index in [4.69, 9.17) is 0 Å². The van der Waals surface area contributed by atoms with E-state index >= 15 is 0 Å². The van der Waals surface area contributed by atoms with Gasteiger partial charge in [0.05, 0.1) is 10.6 Å². The van der Waals surface area contributed by atoms with Crippen molar-refractivity contribution in [1.82, 2.24) is 5.32 Å². The van der Waals surface area contributed by atoms with Gasteiger partial charge in [-0.05, 0) is 12.1 Å². The first-order valence-electron chi connectivity index (χ1n) is 7.14. The van der Waals surface area contributed by atoms with Gasteiger partial charge in [-0.2, -0.15) is 0 Å². The summed E-state index contributed by atoms with van der Waals surface area (Å²) < 4.78 is 27.0. The maximum Gasteiger partial charge on any atom is 0.265 e. The summed E-state index contributed by atoms with van der Waals surface area (Å²) in [7, 11) is -3.77. The van der Waals surface area contributed by atoms with Crippen LogP contribution in [-0.4, -0.2) is 27.4 Å². The molecule has 0 saturated carbocycles. The van der Waals surface area contributed by atoms with Crippen molar-refractivity contribution < 1.29 is 13.2 Å². The van der Waals surface area contributed by atoms with Gasteiger partial charge in [-0.3, -0.25) is 9.10 Å². The van der Waals surface area contributed by atoms with Crippen LogP contribution in [0, 0.1) is 0 Å². The molecule has 6 heteroatoms. The second-order valence-electron chi connectivity index (χ2n) is 5.12. The summed E-state index contributed by atoms with van der Waals surface area (Å²) >= 11 is 0. The number of rotatable bonds is 4. The van der Waals surface area contributed by atoms with Crippen LogP contribution in [0.2, 0.25) is 0 Å². The van der Waals surface area contributed by atoms with Gasteiger partial charge in [-0.15, -0.1) is 6.58 Å². The van der Waals surface area contributed by atoms with Crippen molar-refractivity contribution >= 4 is 21.6 Å². The molecule has 1 aliphatic rings. The highest BCUT2D eigenvalue weighted by Gasteiger charge is 2.35. The molecule has 0 atom stereocenters. The van der Waals surface area contributed by atoms with Gasteiger partial charge in [0, 0.05) is 17.7 Å². The number of carbonyl (C=O) groups excluding carboxylic acids is 1. The predicted molar refractivity (Wildman–Crippen MR) is 89.6 cm³/mol. The van der Waals surface area contributed by atoms with Gasteiger partial charge in [0.15, 0.2) is 0 Å². The van der Waals surface area contributed by atoms with E-state index in [2.05, 4.69) is 11.9 Å². The van der Waals surface area contributed by atoms with Crippen molar-refractivity contribution in [1.29, 1.82) is 0 Å². The number of benzene rings is 2. The van der Waals surface area contributed by atoms with Gasteiger partial charge < -0.3 is 5.32 Å². The Labute approximate surface area is 135 Å². The SMILES string of the molecule is C=CCNC(=O)CN1c2ccccc2-c2ccccc2S1(=O)=O. The van der Waals surface area contributed by atoms with Crippen LogP contribution in [0.3, 0.4) is 0 Å². The van der Waals surface area contributed by atoms with Crippen LogP contribution >= 0.6 is 0 Å². The van der Waals surface area contributed by atoms with Crippen molar-refractivity contribution in [2.24, 2.45) is 0 Å². The lowest BCUT2D eigenvalue weighted by Crippen LogP contribution is -2.42. The van der Waals surface area contributed by atoms with E-state index in [0.29, 0.717) is 17.8 Å². The summed E-state index contributed by atoms with van der Waals surface area (Å²) in [5.74, 6) is -0.373. The Bertz CT molecular complexity index is 875. The third kappa shape index (κ3) is 2.61. The molecule has 0 radical (unpaired) electrons. The third-order valence-corrected chi connectivity index (χ3v) is 5.47. The number of para-hydroxylation sites is 1. The lowest BCUT2D eigenvalue weighted by Gasteiger charge is -2.31. The predicted octanol–water partition coefficient (Wildman–Crippen LogP) is 2.16. The average Bonchev–Trinajstić information content (AvgIpc) is 2.57. The smallest absolute Gasteiger partial charge is 0.265 e. The topological polar surface area (TPSA) is 66.5 Å². The molecule has 2 aromatic rings. The lowest BCUT2D eigenvalue weighted by atomic mass is 10.0. The van der Waals surface area contributed by atoms with Gasteiger partial charge in [-0.1, -0.05) is 42.5 Å². The number of hydrogen-bond acceptors (Lipinski definition) is 3. The van der Waals surface area contributed by atoms with Crippen molar-refractivity contribution in [3.8, 4) is 11.1 Å². The van der Waals surface area contributed by atoms with E-state index < -0.39 is 10.0 Å². The molecule has 0 saturated heterocycles. The highest BCUT2D eigenvalue weighted by Crippen LogP contribution is 2.42. The second kappa shape index (κ2) is 5.89. The number of anilines is 1. The molecule has 1 amide bonds. The van der Waals surface area contributed by atoms with Crippen molar-refractivity contribution in [2.75, 3.05) is 17.4 Å². The van der Waals surface area contributed by atoms with Gasteiger partial charge in [-0.25, -0.2) is 8.42 Å². The Kier molecular flexibility index (Phi) is 3.92. The van der Waals surface area contributed by atoms with Gasteiger partial charge >= 0.3 is 0 Å². The van der Waals surface area contributed by atoms with E-state index in [9.17, 15) is 13.2 Å². The highest BCUT2D eigenvalue weighted by molar-refractivity contribution is 7.93. The minimum atomic E-state index is -3.77. The number of carbonyl (C=O) groups is 1. The minimum absolute atomic E-state index is 0.218. The Morgan fingerprint density at radius 3 is 2.48 bits per heavy atom. The summed E-state index contributed by atoms with van der Waals surface area (Å²) in [6.45, 7) is 3.56. The Morgan fingerprint density at radius 2 is 1.74 bits per heavy atom. The highest BCUT2D eigenvalue weighted by atomic mass is 32.2. The maximum atomic E-state index is 12.9. The lowest BCUT2D eigenvalue weighted by molar-refractivity contribution is -0.119. The molecule has 5 nitrogen and oxygen atoms in total. The molecule has 0 spiro atoms. The molecule has 1 heterocycles. The normalized spacial score (nSPS) is 14.5. The fourth-order valence-corrected chi connectivity index (χ4v) is 4.27. The molecular weight excluding hydrogens is 312 g/mol. The number of fused-ring (bicyclic) bond motifs is 3. The number of hydrogen-bond donors (Lipinski definition) is 1. The van der Waals surface area contributed by atoms with Crippen LogP contribution in [0.4, 0.5) is 5.69 Å². The summed E-state index contributed by atoms with van der Waals surface area (Å²) in [6.07, 6.45) is 1.55. The monoisotopic (exact) mass is 328 g/mol. The zero-order valence-corrected chi connectivity index (χ0v) is 13.2. The molecule has 0 aromatic heterocycles. The number of nitrogens with one attached hydrogen (secondary N) is 1. The van der Waals surface area contributed by atoms with E-state index in [1.165, 1.54) is 0 Å². The summed E-state index contributed by atoms with van der Waals surface area (Å²) in [6, 6.07) is 14.0. The molecule has 0 aliphatic carbocycles. The molecule has 3 rings (SSSR count). The molecule has 0 fully saturated rings. The minimum Gasteiger partial charge on any atom is -0.351 e. The summed E-state index contributed by atoms with van der Waals surface area (Å²) in [5.41, 5.74) is 1.97. The molecule has 1 aliphatic heterocycles. The van der Waals surface area contributed by atoms with Crippen molar-refractivity contribution in [2.45, 2.75) is 4.90 Å². The van der Waals surface area contributed by atoms with E-state index in [1.807, 2.05) is 12.1 Å². The van der Waals surface area contributed by atoms with E-state index in [0.717, 1.165) is 9.87 Å². The van der Waals surface area contributed by atoms with Crippen LogP contribution in [0.25, 0.3) is 11.1 Å². The van der Waals surface area contributed by atoms with Crippen LogP contribution in [0.15, 0.2) is 66.1 Å². The van der Waals surface area contributed by atoms with Crippen LogP contribution < -0.4 is 9.62 Å². The molecule has 118 valence electrons. The summed E-state index contributed by atoms with van der Waals surface area (Å²) in [5, 5.41) is 2.61. The van der Waals surface area contributed by atoms with Crippen LogP contribution in [0.1, 0.15) is 0 Å². The molecule has 23 heavy (non-hydrogen) atoms. The number of nitrogens with zero attached hydrogens (tertiary/aromatic N) is 1. The number of amides is 1.